The standard InChI is InChI=1S/C84H56N4O2Si2/c1-5-29-63(30-6-1)91(64-31-7-2-8-32-64)87(79-47-23-41-71-73-55-59(49-51-81(73)89-83(71)79)57-25-21-27-61(53-57)85-75-43-17-13-37-67(75)68-38-14-18-44-76(68)85)92(65-33-9-3-10-34-65,66-35-11-4-12-36-66)88(91)80-48-24-42-72-74-56-60(50-52-82(74)90-84(72)80)58-26-22-28-62(54-58)86-77-45-19-15-39-69(77)70-40-16-20-46-78(70)86/h1-56H. The van der Waals surface area contributed by atoms with Gasteiger partial charge in [-0.3, -0.25) is 0 Å². The van der Waals surface area contributed by atoms with Gasteiger partial charge in [0.1, 0.15) is 11.2 Å². The highest BCUT2D eigenvalue weighted by Crippen LogP contribution is 2.52. The van der Waals surface area contributed by atoms with Gasteiger partial charge in [0.15, 0.2) is 11.2 Å². The fraction of sp³-hybridized carbons (Fsp3) is 0. The Bertz CT molecular complexity index is 5370. The molecule has 0 atom stereocenters. The third-order valence-electron chi connectivity index (χ3n) is 19.5. The van der Waals surface area contributed by atoms with Gasteiger partial charge in [0.2, 0.25) is 0 Å². The number of hydrogen-bond acceptors (Lipinski definition) is 4. The molecule has 0 bridgehead atoms. The smallest absolute Gasteiger partial charge is 0.318 e. The van der Waals surface area contributed by atoms with Crippen LogP contribution in [-0.4, -0.2) is 25.9 Å². The van der Waals surface area contributed by atoms with Crippen LogP contribution in [0, 0.1) is 0 Å². The number of hydrogen-bond donors (Lipinski definition) is 0. The predicted octanol–water partition coefficient (Wildman–Crippen LogP) is 18.9. The predicted molar refractivity (Wildman–Crippen MR) is 388 cm³/mol. The van der Waals surface area contributed by atoms with Gasteiger partial charge in [0, 0.05) is 54.5 Å². The Hall–Kier alpha value is -11.7. The summed E-state index contributed by atoms with van der Waals surface area (Å²) in [5.74, 6) is 0. The molecule has 18 aromatic rings. The average molecular weight is 1210 g/mol. The van der Waals surface area contributed by atoms with E-state index in [0.717, 1.165) is 88.9 Å². The van der Waals surface area contributed by atoms with Gasteiger partial charge in [-0.15, -0.1) is 0 Å². The first-order valence-electron chi connectivity index (χ1n) is 31.6. The van der Waals surface area contributed by atoms with E-state index in [9.17, 15) is 0 Å². The molecule has 19 rings (SSSR count). The summed E-state index contributed by atoms with van der Waals surface area (Å²) < 4.78 is 25.6. The lowest BCUT2D eigenvalue weighted by molar-refractivity contribution is 0.668. The van der Waals surface area contributed by atoms with E-state index in [1.54, 1.807) is 0 Å². The summed E-state index contributed by atoms with van der Waals surface area (Å²) in [6.07, 6.45) is 0. The molecule has 0 aliphatic carbocycles. The highest BCUT2D eigenvalue weighted by Gasteiger charge is 2.75. The Morgan fingerprint density at radius 1 is 0.217 bits per heavy atom. The van der Waals surface area contributed by atoms with Gasteiger partial charge >= 0.3 is 16.8 Å². The number of anilines is 2. The summed E-state index contributed by atoms with van der Waals surface area (Å²) in [4.78, 5) is 0. The summed E-state index contributed by atoms with van der Waals surface area (Å²) in [5, 5.41) is 14.3. The maximum absolute atomic E-state index is 7.47. The number of fused-ring (bicyclic) bond motifs is 12. The number of nitrogens with zero attached hydrogens (tertiary/aromatic N) is 4. The molecule has 6 nitrogen and oxygen atoms in total. The van der Waals surface area contributed by atoms with Crippen molar-refractivity contribution in [2.75, 3.05) is 8.46 Å². The van der Waals surface area contributed by atoms with Gasteiger partial charge in [-0.25, -0.2) is 0 Å². The Balaban J connectivity index is 0.825. The summed E-state index contributed by atoms with van der Waals surface area (Å²) in [7, 11) is -7.07. The van der Waals surface area contributed by atoms with E-state index in [4.69, 9.17) is 8.83 Å². The van der Waals surface area contributed by atoms with Crippen molar-refractivity contribution in [1.29, 1.82) is 0 Å². The second-order valence-electron chi connectivity index (χ2n) is 24.3. The summed E-state index contributed by atoms with van der Waals surface area (Å²) in [6.45, 7) is 0. The summed E-state index contributed by atoms with van der Waals surface area (Å²) in [6, 6.07) is 125. The van der Waals surface area contributed by atoms with Crippen molar-refractivity contribution >= 4 is 136 Å². The maximum Gasteiger partial charge on any atom is 0.318 e. The molecule has 0 radical (unpaired) electrons. The highest BCUT2D eigenvalue weighted by atomic mass is 28.5. The Labute approximate surface area is 532 Å². The first-order valence-corrected chi connectivity index (χ1v) is 35.3. The molecule has 0 saturated carbocycles. The van der Waals surface area contributed by atoms with Gasteiger partial charge in [0.05, 0.1) is 33.4 Å². The Morgan fingerprint density at radius 2 is 0.511 bits per heavy atom. The van der Waals surface area contributed by atoms with Gasteiger partial charge in [-0.05, 0) is 128 Å². The first kappa shape index (κ1) is 52.3. The van der Waals surface area contributed by atoms with Crippen molar-refractivity contribution in [2.24, 2.45) is 0 Å². The summed E-state index contributed by atoms with van der Waals surface area (Å²) >= 11 is 0. The zero-order chi connectivity index (χ0) is 60.5. The van der Waals surface area contributed by atoms with Crippen LogP contribution in [0.2, 0.25) is 0 Å². The molecule has 0 spiro atoms. The van der Waals surface area contributed by atoms with E-state index in [1.807, 2.05) is 0 Å². The number of aromatic nitrogens is 2. The topological polar surface area (TPSA) is 42.6 Å². The lowest BCUT2D eigenvalue weighted by atomic mass is 10.0. The molecular formula is C84H56N4O2Si2. The molecule has 0 unspecified atom stereocenters. The number of para-hydroxylation sites is 6. The third-order valence-corrected chi connectivity index (χ3v) is 31.5. The minimum absolute atomic E-state index is 0.843. The highest BCUT2D eigenvalue weighted by molar-refractivity contribution is 7.38. The fourth-order valence-electron chi connectivity index (χ4n) is 15.7. The van der Waals surface area contributed by atoms with E-state index in [-0.39, 0.29) is 0 Å². The molecule has 1 aliphatic heterocycles. The van der Waals surface area contributed by atoms with Crippen molar-refractivity contribution in [3.63, 3.8) is 0 Å². The van der Waals surface area contributed by atoms with Crippen LogP contribution in [0.5, 0.6) is 0 Å². The van der Waals surface area contributed by atoms with Crippen LogP contribution in [0.3, 0.4) is 0 Å². The van der Waals surface area contributed by atoms with E-state index >= 15 is 0 Å². The molecule has 1 saturated heterocycles. The van der Waals surface area contributed by atoms with Gasteiger partial charge in [-0.1, -0.05) is 255 Å². The van der Waals surface area contributed by atoms with Crippen molar-refractivity contribution in [2.45, 2.75) is 0 Å². The molecule has 1 aliphatic rings. The molecule has 4 aromatic heterocycles. The van der Waals surface area contributed by atoms with Crippen LogP contribution < -0.4 is 29.2 Å². The molecule has 1 fully saturated rings. The van der Waals surface area contributed by atoms with E-state index in [2.05, 4.69) is 357 Å². The second kappa shape index (κ2) is 20.4. The molecule has 5 heterocycles. The minimum atomic E-state index is -3.54. The lowest BCUT2D eigenvalue weighted by Crippen LogP contribution is -3.07. The van der Waals surface area contributed by atoms with E-state index in [1.165, 1.54) is 64.4 Å². The normalized spacial score (nSPS) is 13.8. The Kier molecular flexibility index (Phi) is 11.6. The van der Waals surface area contributed by atoms with Crippen molar-refractivity contribution in [3.8, 4) is 33.6 Å². The monoisotopic (exact) mass is 1210 g/mol. The van der Waals surface area contributed by atoms with Crippen LogP contribution >= 0.6 is 0 Å². The molecule has 0 N–H and O–H groups in total. The SMILES string of the molecule is c1ccc([Si]2(c3ccccc3)N(c3cccc4c3oc3ccc(-c5cccc(-n6c7ccccc7c7ccccc76)c5)cc34)[Si](c3ccccc3)(c3ccccc3)N2c2cccc3c2oc2ccc(-c4cccc(-n5c6ccccc6c6ccccc65)c4)cc23)cc1. The van der Waals surface area contributed by atoms with Crippen LogP contribution in [0.25, 0.3) is 121 Å². The average Bonchev–Trinajstić information content (AvgIpc) is 0.646. The van der Waals surface area contributed by atoms with Crippen LogP contribution in [0.15, 0.2) is 349 Å². The fourth-order valence-corrected chi connectivity index (χ4v) is 30.9. The van der Waals surface area contributed by atoms with E-state index in [0.29, 0.717) is 0 Å². The lowest BCUT2D eigenvalue weighted by Gasteiger charge is -2.72. The van der Waals surface area contributed by atoms with Gasteiger partial charge in [0.25, 0.3) is 0 Å². The maximum atomic E-state index is 7.47. The van der Waals surface area contributed by atoms with Crippen LogP contribution in [0.4, 0.5) is 11.4 Å². The van der Waals surface area contributed by atoms with Gasteiger partial charge < -0.3 is 26.4 Å². The first-order chi connectivity index (χ1) is 45.6. The molecular weight excluding hydrogens is 1150 g/mol. The number of benzene rings is 14. The largest absolute Gasteiger partial charge is 0.454 e. The quantitative estimate of drug-likeness (QED) is 0.128. The molecule has 14 aromatic carbocycles. The van der Waals surface area contributed by atoms with Crippen molar-refractivity contribution < 1.29 is 8.83 Å². The van der Waals surface area contributed by atoms with Gasteiger partial charge in [-0.2, -0.15) is 0 Å². The van der Waals surface area contributed by atoms with Crippen molar-refractivity contribution in [3.05, 3.63) is 340 Å². The summed E-state index contributed by atoms with van der Waals surface area (Å²) in [5.41, 5.74) is 17.0. The van der Waals surface area contributed by atoms with Crippen molar-refractivity contribution in [1.82, 2.24) is 9.13 Å². The minimum Gasteiger partial charge on any atom is -0.454 e. The second-order valence-corrected chi connectivity index (χ2v) is 31.9. The molecule has 0 amide bonds. The molecule has 92 heavy (non-hydrogen) atoms. The van der Waals surface area contributed by atoms with Crippen LogP contribution in [0.1, 0.15) is 0 Å². The van der Waals surface area contributed by atoms with E-state index < -0.39 is 16.8 Å². The third kappa shape index (κ3) is 7.47. The number of furan rings is 2. The van der Waals surface area contributed by atoms with Crippen LogP contribution in [-0.2, 0) is 0 Å². The zero-order valence-electron chi connectivity index (χ0n) is 49.9. The number of rotatable bonds is 10. The molecule has 8 heteroatoms. The molecule has 432 valence electrons. The zero-order valence-corrected chi connectivity index (χ0v) is 51.9. The Morgan fingerprint density at radius 3 is 0.859 bits per heavy atom.